The fourth-order valence-electron chi connectivity index (χ4n) is 1.35. The minimum Gasteiger partial charge on any atom is -0.480 e. The molecule has 0 aromatic carbocycles. The third kappa shape index (κ3) is 4.00. The molecule has 0 radical (unpaired) electrons. The maximum absolute atomic E-state index is 12.0. The van der Waals surface area contributed by atoms with E-state index in [1.54, 1.807) is 27.7 Å². The van der Waals surface area contributed by atoms with Crippen LogP contribution in [0.2, 0.25) is 0 Å². The molecule has 2 unspecified atom stereocenters. The Kier molecular flexibility index (Phi) is 5.13. The molecule has 2 atom stereocenters. The van der Waals surface area contributed by atoms with Gasteiger partial charge in [0.25, 0.3) is 0 Å². The van der Waals surface area contributed by atoms with Gasteiger partial charge in [-0.25, -0.2) is 4.79 Å². The Balaban J connectivity index is 4.92. The van der Waals surface area contributed by atoms with Crippen molar-refractivity contribution < 1.29 is 14.7 Å². The Morgan fingerprint density at radius 3 is 2.00 bits per heavy atom. The van der Waals surface area contributed by atoms with Crippen LogP contribution < -0.4 is 11.1 Å². The zero-order valence-electron chi connectivity index (χ0n) is 11.3. The predicted molar refractivity (Wildman–Crippen MR) is 66.5 cm³/mol. The molecule has 17 heavy (non-hydrogen) atoms. The summed E-state index contributed by atoms with van der Waals surface area (Å²) in [6.45, 7) is 9.13. The van der Waals surface area contributed by atoms with Gasteiger partial charge in [-0.2, -0.15) is 0 Å². The van der Waals surface area contributed by atoms with E-state index in [2.05, 4.69) is 5.32 Å². The number of carbonyl (C=O) groups excluding carboxylic acids is 1. The minimum absolute atomic E-state index is 0.200. The lowest BCUT2D eigenvalue weighted by molar-refractivity contribution is -0.146. The average molecular weight is 244 g/mol. The molecular formula is C12H24N2O3. The zero-order chi connectivity index (χ0) is 13.9. The molecule has 0 fully saturated rings. The lowest BCUT2D eigenvalue weighted by Crippen LogP contribution is -2.54. The smallest absolute Gasteiger partial charge is 0.326 e. The first-order valence-corrected chi connectivity index (χ1v) is 5.82. The van der Waals surface area contributed by atoms with Gasteiger partial charge in [-0.15, -0.1) is 0 Å². The Hall–Kier alpha value is -1.10. The van der Waals surface area contributed by atoms with Crippen molar-refractivity contribution in [2.75, 3.05) is 6.54 Å². The van der Waals surface area contributed by atoms with Crippen molar-refractivity contribution in [2.24, 2.45) is 16.6 Å². The SMILES string of the molecule is CCC(C)(CN)C(=O)NC(C(=O)O)C(C)(C)C. The summed E-state index contributed by atoms with van der Waals surface area (Å²) in [5.41, 5.74) is 4.32. The quantitative estimate of drug-likeness (QED) is 0.672. The van der Waals surface area contributed by atoms with Gasteiger partial charge in [0.2, 0.25) is 5.91 Å². The van der Waals surface area contributed by atoms with Gasteiger partial charge in [-0.1, -0.05) is 27.7 Å². The number of aliphatic carboxylic acids is 1. The van der Waals surface area contributed by atoms with E-state index in [-0.39, 0.29) is 12.5 Å². The second-order valence-corrected chi connectivity index (χ2v) is 5.73. The standard InChI is InChI=1S/C12H24N2O3/c1-6-12(5,7-13)10(17)14-8(9(15)16)11(2,3)4/h8H,6-7,13H2,1-5H3,(H,14,17)(H,15,16). The number of nitrogens with one attached hydrogen (secondary N) is 1. The molecule has 0 bridgehead atoms. The summed E-state index contributed by atoms with van der Waals surface area (Å²) in [5.74, 6) is -1.33. The summed E-state index contributed by atoms with van der Waals surface area (Å²) in [5, 5.41) is 11.7. The first-order chi connectivity index (χ1) is 7.58. The molecule has 100 valence electrons. The molecule has 0 aliphatic heterocycles. The summed E-state index contributed by atoms with van der Waals surface area (Å²) in [6.07, 6.45) is 0.575. The molecule has 0 aliphatic carbocycles. The molecule has 1 amide bonds. The largest absolute Gasteiger partial charge is 0.480 e. The number of carboxylic acids is 1. The van der Waals surface area contributed by atoms with Crippen molar-refractivity contribution in [1.29, 1.82) is 0 Å². The van der Waals surface area contributed by atoms with Gasteiger partial charge >= 0.3 is 5.97 Å². The van der Waals surface area contributed by atoms with Gasteiger partial charge in [0.1, 0.15) is 6.04 Å². The molecule has 0 aromatic heterocycles. The first-order valence-electron chi connectivity index (χ1n) is 5.82. The second kappa shape index (κ2) is 5.49. The number of rotatable bonds is 5. The highest BCUT2D eigenvalue weighted by molar-refractivity contribution is 5.87. The summed E-state index contributed by atoms with van der Waals surface area (Å²) < 4.78 is 0. The lowest BCUT2D eigenvalue weighted by Gasteiger charge is -2.32. The molecule has 0 heterocycles. The van der Waals surface area contributed by atoms with Crippen LogP contribution in [0.15, 0.2) is 0 Å². The van der Waals surface area contributed by atoms with Crippen molar-refractivity contribution >= 4 is 11.9 Å². The molecule has 5 nitrogen and oxygen atoms in total. The van der Waals surface area contributed by atoms with Crippen molar-refractivity contribution in [3.63, 3.8) is 0 Å². The van der Waals surface area contributed by atoms with Crippen molar-refractivity contribution in [2.45, 2.75) is 47.1 Å². The van der Waals surface area contributed by atoms with E-state index in [0.29, 0.717) is 6.42 Å². The molecule has 0 saturated carbocycles. The summed E-state index contributed by atoms with van der Waals surface area (Å²) >= 11 is 0. The molecule has 0 saturated heterocycles. The molecular weight excluding hydrogens is 220 g/mol. The van der Waals surface area contributed by atoms with Crippen LogP contribution in [0, 0.1) is 10.8 Å². The molecule has 0 rings (SSSR count). The van der Waals surface area contributed by atoms with Crippen LogP contribution in [0.3, 0.4) is 0 Å². The second-order valence-electron chi connectivity index (χ2n) is 5.73. The maximum Gasteiger partial charge on any atom is 0.326 e. The number of hydrogen-bond acceptors (Lipinski definition) is 3. The minimum atomic E-state index is -1.03. The summed E-state index contributed by atoms with van der Waals surface area (Å²) in [6, 6.07) is -0.910. The lowest BCUT2D eigenvalue weighted by atomic mass is 9.83. The van der Waals surface area contributed by atoms with E-state index in [1.165, 1.54) is 0 Å². The van der Waals surface area contributed by atoms with Gasteiger partial charge in [0.15, 0.2) is 0 Å². The predicted octanol–water partition coefficient (Wildman–Crippen LogP) is 0.977. The van der Waals surface area contributed by atoms with Gasteiger partial charge in [0, 0.05) is 6.54 Å². The molecule has 0 aromatic rings. The monoisotopic (exact) mass is 244 g/mol. The van der Waals surface area contributed by atoms with Crippen molar-refractivity contribution in [1.82, 2.24) is 5.32 Å². The number of hydrogen-bond donors (Lipinski definition) is 3. The van der Waals surface area contributed by atoms with Crippen LogP contribution in [-0.4, -0.2) is 29.6 Å². The Labute approximate surface area is 103 Å². The highest BCUT2D eigenvalue weighted by Crippen LogP contribution is 2.23. The van der Waals surface area contributed by atoms with Crippen LogP contribution in [0.25, 0.3) is 0 Å². The topological polar surface area (TPSA) is 92.4 Å². The maximum atomic E-state index is 12.0. The number of nitrogens with two attached hydrogens (primary N) is 1. The highest BCUT2D eigenvalue weighted by Gasteiger charge is 2.37. The Bertz CT molecular complexity index is 291. The highest BCUT2D eigenvalue weighted by atomic mass is 16.4. The summed E-state index contributed by atoms with van der Waals surface area (Å²) in [4.78, 5) is 23.2. The zero-order valence-corrected chi connectivity index (χ0v) is 11.3. The van der Waals surface area contributed by atoms with E-state index < -0.39 is 22.8 Å². The molecule has 0 aliphatic rings. The Morgan fingerprint density at radius 2 is 1.76 bits per heavy atom. The summed E-state index contributed by atoms with van der Waals surface area (Å²) in [7, 11) is 0. The average Bonchev–Trinajstić information content (AvgIpc) is 2.22. The van der Waals surface area contributed by atoms with Crippen LogP contribution in [0.1, 0.15) is 41.0 Å². The fraction of sp³-hybridized carbons (Fsp3) is 0.833. The van der Waals surface area contributed by atoms with Crippen LogP contribution in [-0.2, 0) is 9.59 Å². The third-order valence-corrected chi connectivity index (χ3v) is 3.17. The normalized spacial score (nSPS) is 17.1. The Morgan fingerprint density at radius 1 is 1.29 bits per heavy atom. The third-order valence-electron chi connectivity index (χ3n) is 3.17. The number of carboxylic acid groups (broad SMARTS) is 1. The molecule has 0 spiro atoms. The van der Waals surface area contributed by atoms with Gasteiger partial charge in [-0.3, -0.25) is 4.79 Å². The van der Waals surface area contributed by atoms with Crippen LogP contribution in [0.4, 0.5) is 0 Å². The van der Waals surface area contributed by atoms with E-state index in [4.69, 9.17) is 10.8 Å². The van der Waals surface area contributed by atoms with Crippen LogP contribution in [0.5, 0.6) is 0 Å². The van der Waals surface area contributed by atoms with E-state index in [9.17, 15) is 9.59 Å². The van der Waals surface area contributed by atoms with E-state index in [0.717, 1.165) is 0 Å². The van der Waals surface area contributed by atoms with E-state index in [1.807, 2.05) is 6.92 Å². The van der Waals surface area contributed by atoms with Gasteiger partial charge in [0.05, 0.1) is 5.41 Å². The van der Waals surface area contributed by atoms with Crippen LogP contribution >= 0.6 is 0 Å². The first kappa shape index (κ1) is 15.9. The van der Waals surface area contributed by atoms with E-state index >= 15 is 0 Å². The number of amides is 1. The molecule has 5 heteroatoms. The van der Waals surface area contributed by atoms with Gasteiger partial charge in [-0.05, 0) is 18.8 Å². The van der Waals surface area contributed by atoms with Gasteiger partial charge < -0.3 is 16.2 Å². The van der Waals surface area contributed by atoms with Crippen molar-refractivity contribution in [3.05, 3.63) is 0 Å². The molecule has 4 N–H and O–H groups in total. The fourth-order valence-corrected chi connectivity index (χ4v) is 1.35. The number of carbonyl (C=O) groups is 2. The van der Waals surface area contributed by atoms with Crippen molar-refractivity contribution in [3.8, 4) is 0 Å².